The second-order valence-electron chi connectivity index (χ2n) is 10.4. The number of urea groups is 1. The Morgan fingerprint density at radius 3 is 2.58 bits per heavy atom. The quantitative estimate of drug-likeness (QED) is 0.518. The highest BCUT2D eigenvalue weighted by Crippen LogP contribution is 2.25. The number of carbonyl (C=O) groups excluding carboxylic acids is 3. The summed E-state index contributed by atoms with van der Waals surface area (Å²) in [4.78, 5) is 41.0. The maximum Gasteiger partial charge on any atom is 0.409 e. The largest absolute Gasteiger partial charge is 0.453 e. The van der Waals surface area contributed by atoms with E-state index in [-0.39, 0.29) is 35.7 Å². The Labute approximate surface area is 223 Å². The molecule has 2 aromatic carbocycles. The van der Waals surface area contributed by atoms with Gasteiger partial charge in [-0.1, -0.05) is 24.3 Å². The standard InChI is InChI=1S/C29H37FN4O4/c1-20(35)23-6-3-7-26(16-23)31-28(36)32-27-12-14-34(29(37)38-2)19-24(27)18-33-13-4-5-22(17-33)15-21-8-10-25(30)11-9-21/h3,6-11,16,22,24,27H,4-5,12-15,17-19H2,1-2H3,(H2,31,32,36)/t22-,24+,27+/m0/s1. The van der Waals surface area contributed by atoms with E-state index in [1.54, 1.807) is 29.2 Å². The molecule has 0 saturated carbocycles. The maximum absolute atomic E-state index is 13.3. The van der Waals surface area contributed by atoms with Crippen molar-refractivity contribution in [3.05, 3.63) is 65.5 Å². The first-order chi connectivity index (χ1) is 18.3. The highest BCUT2D eigenvalue weighted by atomic mass is 19.1. The number of benzene rings is 2. The molecule has 8 nitrogen and oxygen atoms in total. The number of ketones is 1. The molecule has 0 bridgehead atoms. The second kappa shape index (κ2) is 12.9. The Morgan fingerprint density at radius 1 is 1.05 bits per heavy atom. The van der Waals surface area contributed by atoms with Crippen molar-refractivity contribution in [1.82, 2.24) is 15.1 Å². The molecule has 2 fully saturated rings. The number of ether oxygens (including phenoxy) is 1. The SMILES string of the molecule is COC(=O)N1CC[C@@H](NC(=O)Nc2cccc(C(C)=O)c2)[C@H](CN2CCC[C@@H](Cc3ccc(F)cc3)C2)C1. The van der Waals surface area contributed by atoms with E-state index in [4.69, 9.17) is 4.74 Å². The average molecular weight is 525 g/mol. The van der Waals surface area contributed by atoms with Crippen LogP contribution in [0.3, 0.4) is 0 Å². The molecule has 204 valence electrons. The number of hydrogen-bond acceptors (Lipinski definition) is 5. The molecule has 2 aliphatic rings. The van der Waals surface area contributed by atoms with Gasteiger partial charge in [0.1, 0.15) is 5.82 Å². The molecule has 3 atom stereocenters. The fraction of sp³-hybridized carbons (Fsp3) is 0.483. The summed E-state index contributed by atoms with van der Waals surface area (Å²) in [5, 5.41) is 5.96. The van der Waals surface area contributed by atoms with Gasteiger partial charge in [0, 0.05) is 49.4 Å². The summed E-state index contributed by atoms with van der Waals surface area (Å²) in [7, 11) is 1.38. The Hall–Kier alpha value is -3.46. The molecule has 0 spiro atoms. The van der Waals surface area contributed by atoms with Gasteiger partial charge in [0.15, 0.2) is 5.78 Å². The van der Waals surface area contributed by atoms with Crippen LogP contribution in [0, 0.1) is 17.7 Å². The third-order valence-corrected chi connectivity index (χ3v) is 7.54. The molecule has 38 heavy (non-hydrogen) atoms. The minimum absolute atomic E-state index is 0.0294. The predicted octanol–water partition coefficient (Wildman–Crippen LogP) is 4.56. The Bertz CT molecular complexity index is 1130. The van der Waals surface area contributed by atoms with Crippen LogP contribution in [0.2, 0.25) is 0 Å². The monoisotopic (exact) mass is 524 g/mol. The van der Waals surface area contributed by atoms with Crippen LogP contribution in [-0.4, -0.2) is 73.6 Å². The van der Waals surface area contributed by atoms with Crippen molar-refractivity contribution in [3.8, 4) is 0 Å². The highest BCUT2D eigenvalue weighted by molar-refractivity contribution is 5.96. The van der Waals surface area contributed by atoms with Gasteiger partial charge in [-0.25, -0.2) is 14.0 Å². The van der Waals surface area contributed by atoms with Crippen molar-refractivity contribution in [3.63, 3.8) is 0 Å². The number of anilines is 1. The number of piperidine rings is 2. The first kappa shape index (κ1) is 27.6. The second-order valence-corrected chi connectivity index (χ2v) is 10.4. The number of carbonyl (C=O) groups is 3. The molecule has 4 rings (SSSR count). The molecule has 3 amide bonds. The molecule has 0 aromatic heterocycles. The van der Waals surface area contributed by atoms with Crippen molar-refractivity contribution >= 4 is 23.6 Å². The lowest BCUT2D eigenvalue weighted by Crippen LogP contribution is -2.56. The van der Waals surface area contributed by atoms with Crippen molar-refractivity contribution < 1.29 is 23.5 Å². The summed E-state index contributed by atoms with van der Waals surface area (Å²) in [6.45, 7) is 5.12. The zero-order chi connectivity index (χ0) is 27.1. The smallest absolute Gasteiger partial charge is 0.409 e. The van der Waals surface area contributed by atoms with E-state index in [2.05, 4.69) is 15.5 Å². The minimum atomic E-state index is -0.355. The molecule has 0 radical (unpaired) electrons. The van der Waals surface area contributed by atoms with E-state index in [0.717, 1.165) is 44.5 Å². The first-order valence-corrected chi connectivity index (χ1v) is 13.3. The van der Waals surface area contributed by atoms with E-state index < -0.39 is 0 Å². The number of methoxy groups -OCH3 is 1. The lowest BCUT2D eigenvalue weighted by molar-refractivity contribution is 0.0702. The average Bonchev–Trinajstić information content (AvgIpc) is 2.91. The van der Waals surface area contributed by atoms with E-state index in [1.165, 1.54) is 26.2 Å². The number of hydrogen-bond donors (Lipinski definition) is 2. The normalized spacial score (nSPS) is 22.0. The zero-order valence-corrected chi connectivity index (χ0v) is 22.1. The summed E-state index contributed by atoms with van der Waals surface area (Å²) in [5.41, 5.74) is 2.23. The predicted molar refractivity (Wildman–Crippen MR) is 144 cm³/mol. The van der Waals surface area contributed by atoms with E-state index in [1.807, 2.05) is 12.1 Å². The van der Waals surface area contributed by atoms with E-state index >= 15 is 0 Å². The molecule has 2 N–H and O–H groups in total. The topological polar surface area (TPSA) is 91.0 Å². The third kappa shape index (κ3) is 7.54. The van der Waals surface area contributed by atoms with Gasteiger partial charge in [-0.3, -0.25) is 4.79 Å². The van der Waals surface area contributed by atoms with Gasteiger partial charge < -0.3 is 25.2 Å². The molecule has 2 aliphatic heterocycles. The van der Waals surface area contributed by atoms with Crippen LogP contribution < -0.4 is 10.6 Å². The lowest BCUT2D eigenvalue weighted by Gasteiger charge is -2.42. The molecule has 2 aromatic rings. The number of nitrogens with one attached hydrogen (secondary N) is 2. The fourth-order valence-corrected chi connectivity index (χ4v) is 5.62. The molecule has 2 heterocycles. The zero-order valence-electron chi connectivity index (χ0n) is 22.1. The highest BCUT2D eigenvalue weighted by Gasteiger charge is 2.35. The van der Waals surface area contributed by atoms with Crippen LogP contribution in [0.4, 0.5) is 19.7 Å². The summed E-state index contributed by atoms with van der Waals surface area (Å²) in [6.07, 6.45) is 3.36. The number of amides is 3. The fourth-order valence-electron chi connectivity index (χ4n) is 5.62. The molecule has 9 heteroatoms. The maximum atomic E-state index is 13.3. The Balaban J connectivity index is 1.39. The van der Waals surface area contributed by atoms with Gasteiger partial charge >= 0.3 is 12.1 Å². The number of likely N-dealkylation sites (tertiary alicyclic amines) is 2. The van der Waals surface area contributed by atoms with Gasteiger partial charge in [0.2, 0.25) is 0 Å². The lowest BCUT2D eigenvalue weighted by atomic mass is 9.88. The van der Waals surface area contributed by atoms with Gasteiger partial charge in [-0.2, -0.15) is 0 Å². The van der Waals surface area contributed by atoms with E-state index in [0.29, 0.717) is 36.7 Å². The third-order valence-electron chi connectivity index (χ3n) is 7.54. The Kier molecular flexibility index (Phi) is 9.33. The summed E-state index contributed by atoms with van der Waals surface area (Å²) in [6, 6.07) is 13.1. The van der Waals surface area contributed by atoms with Gasteiger partial charge in [0.05, 0.1) is 7.11 Å². The molecular weight excluding hydrogens is 487 g/mol. The Morgan fingerprint density at radius 2 is 1.84 bits per heavy atom. The number of Topliss-reactive ketones (excluding diaryl/α,β-unsaturated/α-hetero) is 1. The van der Waals surface area contributed by atoms with Gasteiger partial charge in [-0.05, 0) is 74.9 Å². The van der Waals surface area contributed by atoms with Crippen LogP contribution in [0.15, 0.2) is 48.5 Å². The summed E-state index contributed by atoms with van der Waals surface area (Å²) < 4.78 is 18.3. The summed E-state index contributed by atoms with van der Waals surface area (Å²) >= 11 is 0. The number of rotatable bonds is 7. The van der Waals surface area contributed by atoms with E-state index in [9.17, 15) is 18.8 Å². The van der Waals surface area contributed by atoms with Crippen molar-refractivity contribution in [2.24, 2.45) is 11.8 Å². The van der Waals surface area contributed by atoms with Crippen molar-refractivity contribution in [2.45, 2.75) is 38.6 Å². The van der Waals surface area contributed by atoms with Gasteiger partial charge in [0.25, 0.3) is 0 Å². The molecule has 0 unspecified atom stereocenters. The van der Waals surface area contributed by atoms with Crippen LogP contribution in [0.5, 0.6) is 0 Å². The van der Waals surface area contributed by atoms with Crippen LogP contribution in [0.25, 0.3) is 0 Å². The van der Waals surface area contributed by atoms with Crippen LogP contribution >= 0.6 is 0 Å². The van der Waals surface area contributed by atoms with Crippen LogP contribution in [-0.2, 0) is 11.2 Å². The van der Waals surface area contributed by atoms with Crippen LogP contribution in [0.1, 0.15) is 42.1 Å². The van der Waals surface area contributed by atoms with Crippen molar-refractivity contribution in [2.75, 3.05) is 45.2 Å². The molecule has 2 saturated heterocycles. The number of halogens is 1. The number of nitrogens with zero attached hydrogens (tertiary/aromatic N) is 2. The summed E-state index contributed by atoms with van der Waals surface area (Å²) in [5.74, 6) is 0.212. The molecule has 0 aliphatic carbocycles. The molecular formula is C29H37FN4O4. The van der Waals surface area contributed by atoms with Gasteiger partial charge in [-0.15, -0.1) is 0 Å². The van der Waals surface area contributed by atoms with Crippen molar-refractivity contribution in [1.29, 1.82) is 0 Å². The minimum Gasteiger partial charge on any atom is -0.453 e. The first-order valence-electron chi connectivity index (χ1n) is 13.3.